The van der Waals surface area contributed by atoms with Gasteiger partial charge in [0.05, 0.1) is 64.3 Å². The van der Waals surface area contributed by atoms with Crippen LogP contribution in [0, 0.1) is 0 Å². The zero-order valence-electron chi connectivity index (χ0n) is 34.2. The number of hydrogen-bond donors (Lipinski definition) is 2. The zero-order chi connectivity index (χ0) is 42.7. The van der Waals surface area contributed by atoms with Crippen molar-refractivity contribution in [2.75, 3.05) is 66.1 Å². The molecular formula is C46H48N6O10. The summed E-state index contributed by atoms with van der Waals surface area (Å²) in [6.07, 6.45) is 7.66. The first-order chi connectivity index (χ1) is 30.4. The molecule has 2 aliphatic heterocycles. The van der Waals surface area contributed by atoms with Gasteiger partial charge in [-0.15, -0.1) is 0 Å². The fourth-order valence-corrected chi connectivity index (χ4v) is 7.72. The summed E-state index contributed by atoms with van der Waals surface area (Å²) in [5, 5.41) is 20.1. The van der Waals surface area contributed by atoms with Gasteiger partial charge in [0.2, 0.25) is 11.8 Å². The van der Waals surface area contributed by atoms with Gasteiger partial charge in [-0.1, -0.05) is 23.4 Å². The van der Waals surface area contributed by atoms with Crippen LogP contribution < -0.4 is 14.8 Å². The lowest BCUT2D eigenvalue weighted by molar-refractivity contribution is -0.136. The third-order valence-electron chi connectivity index (χ3n) is 10.9. The van der Waals surface area contributed by atoms with E-state index >= 15 is 0 Å². The number of imide groups is 1. The molecule has 8 rings (SSSR count). The molecule has 0 spiro atoms. The third kappa shape index (κ3) is 10.2. The number of aromatic nitrogens is 3. The Labute approximate surface area is 358 Å². The number of ether oxygens (including phenoxy) is 6. The van der Waals surface area contributed by atoms with E-state index in [4.69, 9.17) is 33.5 Å². The van der Waals surface area contributed by atoms with Crippen molar-refractivity contribution < 1.29 is 48.0 Å². The van der Waals surface area contributed by atoms with Crippen LogP contribution in [0.15, 0.2) is 96.5 Å². The number of nitrogens with one attached hydrogen (secondary N) is 1. The van der Waals surface area contributed by atoms with Gasteiger partial charge in [-0.2, -0.15) is 5.10 Å². The van der Waals surface area contributed by atoms with Crippen molar-refractivity contribution in [3.05, 3.63) is 114 Å². The van der Waals surface area contributed by atoms with Gasteiger partial charge in [0, 0.05) is 53.8 Å². The smallest absolute Gasteiger partial charge is 0.255 e. The monoisotopic (exact) mass is 844 g/mol. The standard InChI is InChI=1S/C46H48N6O10/c53-43-12-11-42(45(54)48-43)51-29-34-28-37(7-9-39(34)46(51)55)62-26-24-60-22-20-58-18-17-57-19-21-59-23-25-61-36-5-3-35(4-6-36)52-30-40(44(49-52)31-13-15-47-16-14-31)33-1-8-38-32(27-33)2-10-41(38)50-56/h1,3-9,13-16,27-28,30,42,56H,2,10-12,17-26,29H2,(H,48,53,54)/b50-41+. The number of nitrogens with zero attached hydrogens (tertiary/aromatic N) is 5. The summed E-state index contributed by atoms with van der Waals surface area (Å²) in [7, 11) is 0. The molecule has 2 aromatic heterocycles. The Balaban J connectivity index is 0.666. The number of pyridine rings is 1. The number of fused-ring (bicyclic) bond motifs is 2. The second kappa shape index (κ2) is 20.4. The molecule has 2 N–H and O–H groups in total. The third-order valence-corrected chi connectivity index (χ3v) is 10.9. The lowest BCUT2D eigenvalue weighted by Gasteiger charge is -2.29. The number of carbonyl (C=O) groups is 3. The van der Waals surface area contributed by atoms with Gasteiger partial charge < -0.3 is 38.5 Å². The summed E-state index contributed by atoms with van der Waals surface area (Å²) in [6, 6.07) is 22.5. The maximum atomic E-state index is 12.9. The van der Waals surface area contributed by atoms with Crippen LogP contribution in [0.3, 0.4) is 0 Å². The van der Waals surface area contributed by atoms with Gasteiger partial charge >= 0.3 is 0 Å². The number of benzene rings is 3. The zero-order valence-corrected chi connectivity index (χ0v) is 34.2. The second-order valence-electron chi connectivity index (χ2n) is 14.8. The first kappa shape index (κ1) is 42.2. The van der Waals surface area contributed by atoms with E-state index in [2.05, 4.69) is 27.6 Å². The van der Waals surface area contributed by atoms with Crippen molar-refractivity contribution in [1.29, 1.82) is 0 Å². The van der Waals surface area contributed by atoms with E-state index in [9.17, 15) is 19.6 Å². The maximum absolute atomic E-state index is 12.9. The van der Waals surface area contributed by atoms with Crippen molar-refractivity contribution in [3.63, 3.8) is 0 Å². The van der Waals surface area contributed by atoms with Gasteiger partial charge in [-0.25, -0.2) is 4.68 Å². The van der Waals surface area contributed by atoms with Gasteiger partial charge in [-0.3, -0.25) is 24.7 Å². The first-order valence-corrected chi connectivity index (χ1v) is 20.7. The summed E-state index contributed by atoms with van der Waals surface area (Å²) in [5.41, 5.74) is 8.93. The second-order valence-corrected chi connectivity index (χ2v) is 14.8. The number of rotatable bonds is 21. The van der Waals surface area contributed by atoms with Crippen molar-refractivity contribution in [3.8, 4) is 39.6 Å². The lowest BCUT2D eigenvalue weighted by atomic mass is 9.98. The van der Waals surface area contributed by atoms with Crippen molar-refractivity contribution in [1.82, 2.24) is 25.0 Å². The van der Waals surface area contributed by atoms with Crippen LogP contribution in [0.2, 0.25) is 0 Å². The van der Waals surface area contributed by atoms with E-state index in [1.807, 2.05) is 59.4 Å². The molecule has 3 amide bonds. The highest BCUT2D eigenvalue weighted by molar-refractivity contribution is 6.06. The number of piperidine rings is 1. The van der Waals surface area contributed by atoms with Crippen LogP contribution in [-0.2, 0) is 41.5 Å². The number of hydrogen-bond acceptors (Lipinski definition) is 13. The Morgan fingerprint density at radius 2 is 1.31 bits per heavy atom. The van der Waals surface area contributed by atoms with E-state index in [-0.39, 0.29) is 18.2 Å². The Morgan fingerprint density at radius 1 is 0.661 bits per heavy atom. The Morgan fingerprint density at radius 3 is 1.98 bits per heavy atom. The topological polar surface area (TPSA) is 185 Å². The molecule has 3 aromatic carbocycles. The van der Waals surface area contributed by atoms with E-state index in [0.717, 1.165) is 69.1 Å². The van der Waals surface area contributed by atoms with Gasteiger partial charge in [-0.05, 0) is 90.6 Å². The molecule has 4 heterocycles. The molecule has 62 heavy (non-hydrogen) atoms. The molecular weight excluding hydrogens is 797 g/mol. The molecule has 1 unspecified atom stereocenters. The maximum Gasteiger partial charge on any atom is 0.255 e. The largest absolute Gasteiger partial charge is 0.491 e. The van der Waals surface area contributed by atoms with Crippen molar-refractivity contribution >= 4 is 23.4 Å². The van der Waals surface area contributed by atoms with Crippen LogP contribution in [0.4, 0.5) is 0 Å². The summed E-state index contributed by atoms with van der Waals surface area (Å²) in [5.74, 6) is 0.379. The molecule has 322 valence electrons. The summed E-state index contributed by atoms with van der Waals surface area (Å²) >= 11 is 0. The van der Waals surface area contributed by atoms with Crippen molar-refractivity contribution in [2.45, 2.75) is 38.3 Å². The SMILES string of the molecule is O=C1CCC(N2Cc3cc(OCCOCCOCCOCCOCCOc4ccc(-n5cc(-c6ccc7c(c6)CC/C7=N\O)c(-c6ccncc6)n5)cc4)ccc3C2=O)C(=O)N1. The summed E-state index contributed by atoms with van der Waals surface area (Å²) in [6.45, 7) is 4.38. The van der Waals surface area contributed by atoms with Gasteiger partial charge in [0.15, 0.2) is 0 Å². The summed E-state index contributed by atoms with van der Waals surface area (Å²) < 4.78 is 36.0. The average Bonchev–Trinajstić information content (AvgIpc) is 4.02. The predicted octanol–water partition coefficient (Wildman–Crippen LogP) is 5.01. The minimum absolute atomic E-state index is 0.216. The average molecular weight is 845 g/mol. The highest BCUT2D eigenvalue weighted by Gasteiger charge is 2.39. The molecule has 1 fully saturated rings. The highest BCUT2D eigenvalue weighted by Crippen LogP contribution is 2.35. The fraction of sp³-hybridized carbons (Fsp3) is 0.348. The highest BCUT2D eigenvalue weighted by atomic mass is 16.6. The van der Waals surface area contributed by atoms with Crippen LogP contribution in [0.25, 0.3) is 28.1 Å². The Bertz CT molecular complexity index is 2390. The Kier molecular flexibility index (Phi) is 13.9. The van der Waals surface area contributed by atoms with E-state index in [1.165, 1.54) is 4.90 Å². The minimum Gasteiger partial charge on any atom is -0.491 e. The van der Waals surface area contributed by atoms with E-state index < -0.39 is 11.9 Å². The van der Waals surface area contributed by atoms with Gasteiger partial charge in [0.1, 0.15) is 36.4 Å². The number of amides is 3. The molecule has 1 atom stereocenters. The van der Waals surface area contributed by atoms with Gasteiger partial charge in [0.25, 0.3) is 5.91 Å². The molecule has 5 aromatic rings. The van der Waals surface area contributed by atoms with E-state index in [0.29, 0.717) is 90.3 Å². The molecule has 3 aliphatic rings. The molecule has 16 heteroatoms. The van der Waals surface area contributed by atoms with Crippen LogP contribution >= 0.6 is 0 Å². The number of aryl methyl sites for hydroxylation is 1. The molecule has 1 aliphatic carbocycles. The fourth-order valence-electron chi connectivity index (χ4n) is 7.72. The van der Waals surface area contributed by atoms with Crippen LogP contribution in [0.5, 0.6) is 11.5 Å². The Hall–Kier alpha value is -6.46. The molecule has 0 bridgehead atoms. The van der Waals surface area contributed by atoms with E-state index in [1.54, 1.807) is 24.5 Å². The first-order valence-electron chi connectivity index (χ1n) is 20.7. The van der Waals surface area contributed by atoms with Crippen LogP contribution in [0.1, 0.15) is 46.3 Å². The molecule has 0 saturated carbocycles. The normalized spacial score (nSPS) is 16.5. The number of oxime groups is 1. The molecule has 1 saturated heterocycles. The predicted molar refractivity (Wildman–Crippen MR) is 226 cm³/mol. The summed E-state index contributed by atoms with van der Waals surface area (Å²) in [4.78, 5) is 42.3. The lowest BCUT2D eigenvalue weighted by Crippen LogP contribution is -2.52. The quantitative estimate of drug-likeness (QED) is 0.0436. The molecule has 16 nitrogen and oxygen atoms in total. The minimum atomic E-state index is -0.648. The van der Waals surface area contributed by atoms with Crippen LogP contribution in [-0.4, -0.2) is 120 Å². The van der Waals surface area contributed by atoms with Crippen molar-refractivity contribution in [2.24, 2.45) is 5.16 Å². The number of carbonyl (C=O) groups excluding carboxylic acids is 3. The molecule has 0 radical (unpaired) electrons.